The van der Waals surface area contributed by atoms with Crippen LogP contribution in [0.4, 0.5) is 13.2 Å². The van der Waals surface area contributed by atoms with E-state index in [2.05, 4.69) is 22.5 Å². The fourth-order valence-corrected chi connectivity index (χ4v) is 3.27. The number of aliphatic hydroxyl groups excluding tert-OH is 1. The van der Waals surface area contributed by atoms with Crippen LogP contribution >= 0.6 is 24.0 Å². The lowest BCUT2D eigenvalue weighted by Crippen LogP contribution is -2.47. The average molecular weight is 479 g/mol. The van der Waals surface area contributed by atoms with Crippen molar-refractivity contribution >= 4 is 29.9 Å². The maximum atomic E-state index is 12.9. The largest absolute Gasteiger partial charge is 0.396 e. The van der Waals surface area contributed by atoms with Gasteiger partial charge < -0.3 is 15.7 Å². The number of nitrogens with one attached hydrogen (secondary N) is 2. The number of hydrogen-bond donors (Lipinski definition) is 3. The molecule has 1 fully saturated rings. The summed E-state index contributed by atoms with van der Waals surface area (Å²) in [6, 6.07) is -0.189. The summed E-state index contributed by atoms with van der Waals surface area (Å²) in [5.74, 6) is -0.317. The Morgan fingerprint density at radius 1 is 1.24 bits per heavy atom. The topological polar surface area (TPSA) is 56.7 Å². The lowest BCUT2D eigenvalue weighted by molar-refractivity contribution is -0.183. The van der Waals surface area contributed by atoms with Crippen molar-refractivity contribution in [2.75, 3.05) is 19.7 Å². The highest BCUT2D eigenvalue weighted by atomic mass is 127. The van der Waals surface area contributed by atoms with Gasteiger partial charge in [-0.25, -0.2) is 0 Å². The first-order chi connectivity index (χ1) is 11.4. The lowest BCUT2D eigenvalue weighted by Gasteiger charge is -2.32. The summed E-state index contributed by atoms with van der Waals surface area (Å²) in [6.07, 6.45) is 0.284. The molecule has 0 aliphatic heterocycles. The Hall–Kier alpha value is -0.250. The molecule has 0 aromatic heterocycles. The highest BCUT2D eigenvalue weighted by Gasteiger charge is 2.42. The molecule has 0 radical (unpaired) electrons. The molecular formula is C17H33F3IN3O. The van der Waals surface area contributed by atoms with E-state index in [4.69, 9.17) is 5.11 Å². The van der Waals surface area contributed by atoms with Gasteiger partial charge in [0.05, 0.1) is 5.92 Å². The van der Waals surface area contributed by atoms with Gasteiger partial charge in [-0.05, 0) is 44.9 Å². The van der Waals surface area contributed by atoms with Crippen LogP contribution in [-0.2, 0) is 0 Å². The third kappa shape index (κ3) is 9.86. The maximum Gasteiger partial charge on any atom is 0.391 e. The summed E-state index contributed by atoms with van der Waals surface area (Å²) in [7, 11) is 0. The van der Waals surface area contributed by atoms with Gasteiger partial charge in [0.25, 0.3) is 0 Å². The van der Waals surface area contributed by atoms with Crippen LogP contribution in [0.1, 0.15) is 58.8 Å². The number of aliphatic hydroxyl groups is 1. The molecule has 0 bridgehead atoms. The van der Waals surface area contributed by atoms with Crippen molar-refractivity contribution in [3.63, 3.8) is 0 Å². The zero-order valence-corrected chi connectivity index (χ0v) is 17.6. The van der Waals surface area contributed by atoms with Crippen molar-refractivity contribution in [1.82, 2.24) is 10.6 Å². The van der Waals surface area contributed by atoms with Crippen LogP contribution in [-0.4, -0.2) is 43.0 Å². The second kappa shape index (κ2) is 13.0. The first-order valence-corrected chi connectivity index (χ1v) is 9.13. The zero-order valence-electron chi connectivity index (χ0n) is 15.2. The van der Waals surface area contributed by atoms with E-state index in [1.807, 2.05) is 6.92 Å². The van der Waals surface area contributed by atoms with Gasteiger partial charge in [-0.1, -0.05) is 19.8 Å². The van der Waals surface area contributed by atoms with E-state index in [1.165, 1.54) is 0 Å². The van der Waals surface area contributed by atoms with Gasteiger partial charge in [-0.3, -0.25) is 4.99 Å². The number of hydrogen-bond acceptors (Lipinski definition) is 2. The Morgan fingerprint density at radius 3 is 2.52 bits per heavy atom. The number of halogens is 4. The molecular weight excluding hydrogens is 446 g/mol. The van der Waals surface area contributed by atoms with Gasteiger partial charge in [-0.2, -0.15) is 13.2 Å². The number of guanidine groups is 1. The molecule has 3 atom stereocenters. The van der Waals surface area contributed by atoms with E-state index in [-0.39, 0.29) is 49.5 Å². The Bertz CT molecular complexity index is 375. The van der Waals surface area contributed by atoms with E-state index < -0.39 is 12.1 Å². The number of rotatable bonds is 8. The number of alkyl halides is 3. The standard InChI is InChI=1S/C17H32F3N3O.HI/c1-3-6-13(9-10-24)12-22-16(21-4-2)23-15-8-5-7-14(11-15)17(18,19)20;/h13-15,24H,3-12H2,1-2H3,(H2,21,22,23);1H. The van der Waals surface area contributed by atoms with Crippen LogP contribution in [0.2, 0.25) is 0 Å². The highest BCUT2D eigenvalue weighted by Crippen LogP contribution is 2.37. The lowest BCUT2D eigenvalue weighted by atomic mass is 9.85. The molecule has 3 unspecified atom stereocenters. The predicted octanol–water partition coefficient (Wildman–Crippen LogP) is 4.08. The normalized spacial score (nSPS) is 22.9. The first-order valence-electron chi connectivity index (χ1n) is 9.13. The SMILES string of the molecule is CCCC(CCO)CN=C(NCC)NC1CCCC(C(F)(F)F)C1.I. The molecule has 0 heterocycles. The molecule has 150 valence electrons. The fourth-order valence-electron chi connectivity index (χ4n) is 3.27. The van der Waals surface area contributed by atoms with E-state index in [0.29, 0.717) is 37.8 Å². The van der Waals surface area contributed by atoms with Gasteiger partial charge in [0.15, 0.2) is 5.96 Å². The van der Waals surface area contributed by atoms with Gasteiger partial charge in [0, 0.05) is 25.7 Å². The third-order valence-electron chi connectivity index (χ3n) is 4.56. The van der Waals surface area contributed by atoms with Crippen LogP contribution < -0.4 is 10.6 Å². The van der Waals surface area contributed by atoms with E-state index in [0.717, 1.165) is 19.3 Å². The molecule has 25 heavy (non-hydrogen) atoms. The monoisotopic (exact) mass is 479 g/mol. The minimum atomic E-state index is -4.11. The van der Waals surface area contributed by atoms with Gasteiger partial charge >= 0.3 is 6.18 Å². The Balaban J connectivity index is 0.00000576. The van der Waals surface area contributed by atoms with E-state index in [1.54, 1.807) is 0 Å². The highest BCUT2D eigenvalue weighted by molar-refractivity contribution is 14.0. The second-order valence-corrected chi connectivity index (χ2v) is 6.63. The minimum absolute atomic E-state index is 0. The first kappa shape index (κ1) is 24.8. The number of nitrogens with zero attached hydrogens (tertiary/aromatic N) is 1. The molecule has 0 aromatic rings. The molecule has 1 aliphatic carbocycles. The van der Waals surface area contributed by atoms with Gasteiger partial charge in [-0.15, -0.1) is 24.0 Å². The quantitative estimate of drug-likeness (QED) is 0.280. The molecule has 1 aliphatic rings. The number of aliphatic imine (C=N–C) groups is 1. The Morgan fingerprint density at radius 2 is 1.96 bits per heavy atom. The van der Waals surface area contributed by atoms with Crippen molar-refractivity contribution in [3.05, 3.63) is 0 Å². The predicted molar refractivity (Wildman–Crippen MR) is 106 cm³/mol. The Kier molecular flexibility index (Phi) is 12.9. The van der Waals surface area contributed by atoms with Gasteiger partial charge in [0.1, 0.15) is 0 Å². The van der Waals surface area contributed by atoms with Gasteiger partial charge in [0.2, 0.25) is 0 Å². The van der Waals surface area contributed by atoms with Crippen LogP contribution in [0, 0.1) is 11.8 Å². The molecule has 4 nitrogen and oxygen atoms in total. The van der Waals surface area contributed by atoms with Crippen molar-refractivity contribution in [1.29, 1.82) is 0 Å². The summed E-state index contributed by atoms with van der Waals surface area (Å²) < 4.78 is 38.8. The zero-order chi connectivity index (χ0) is 18.0. The molecule has 0 aromatic carbocycles. The fraction of sp³-hybridized carbons (Fsp3) is 0.941. The summed E-state index contributed by atoms with van der Waals surface area (Å²) >= 11 is 0. The third-order valence-corrected chi connectivity index (χ3v) is 4.56. The molecule has 1 saturated carbocycles. The van der Waals surface area contributed by atoms with Crippen molar-refractivity contribution in [3.8, 4) is 0 Å². The van der Waals surface area contributed by atoms with Crippen LogP contribution in [0.5, 0.6) is 0 Å². The Labute approximate surface area is 166 Å². The second-order valence-electron chi connectivity index (χ2n) is 6.63. The summed E-state index contributed by atoms with van der Waals surface area (Å²) in [5, 5.41) is 15.4. The molecule has 0 spiro atoms. The minimum Gasteiger partial charge on any atom is -0.396 e. The van der Waals surface area contributed by atoms with Crippen LogP contribution in [0.15, 0.2) is 4.99 Å². The summed E-state index contributed by atoms with van der Waals surface area (Å²) in [4.78, 5) is 4.53. The summed E-state index contributed by atoms with van der Waals surface area (Å²) in [5.41, 5.74) is 0. The van der Waals surface area contributed by atoms with Crippen LogP contribution in [0.3, 0.4) is 0 Å². The molecule has 0 amide bonds. The molecule has 8 heteroatoms. The van der Waals surface area contributed by atoms with E-state index in [9.17, 15) is 13.2 Å². The summed E-state index contributed by atoms with van der Waals surface area (Å²) in [6.45, 7) is 5.42. The van der Waals surface area contributed by atoms with E-state index >= 15 is 0 Å². The maximum absolute atomic E-state index is 12.9. The van der Waals surface area contributed by atoms with Crippen molar-refractivity contribution in [2.45, 2.75) is 71.0 Å². The van der Waals surface area contributed by atoms with Crippen LogP contribution in [0.25, 0.3) is 0 Å². The van der Waals surface area contributed by atoms with Crippen molar-refractivity contribution < 1.29 is 18.3 Å². The molecule has 1 rings (SSSR count). The smallest absolute Gasteiger partial charge is 0.391 e. The molecule has 0 saturated heterocycles. The molecule has 3 N–H and O–H groups in total. The average Bonchev–Trinajstić information content (AvgIpc) is 2.52. The van der Waals surface area contributed by atoms with Crippen molar-refractivity contribution in [2.24, 2.45) is 16.8 Å².